The lowest BCUT2D eigenvalue weighted by Gasteiger charge is -2.14. The number of allylic oxidation sites excluding steroid dienone is 2. The van der Waals surface area contributed by atoms with Crippen LogP contribution in [0.15, 0.2) is 138 Å². The lowest BCUT2D eigenvalue weighted by atomic mass is 9.90. The highest BCUT2D eigenvalue weighted by Crippen LogP contribution is 2.50. The number of rotatable bonds is 2. The molecule has 2 atom stereocenters. The fourth-order valence-electron chi connectivity index (χ4n) is 7.51. The maximum Gasteiger partial charge on any atom is 0.143 e. The Labute approximate surface area is 242 Å². The maximum atomic E-state index is 6.88. The van der Waals surface area contributed by atoms with E-state index in [2.05, 4.69) is 133 Å². The van der Waals surface area contributed by atoms with Crippen LogP contribution in [0.2, 0.25) is 0 Å². The molecule has 7 aromatic rings. The van der Waals surface area contributed by atoms with Gasteiger partial charge in [-0.3, -0.25) is 0 Å². The fraction of sp³-hybridized carbons (Fsp3) is 0.0500. The standard InChI is InChI=1S/C40H24O2/c1-2-9-26-25(8-1)29-12-6-13-30-27(19-20-31(26)38(29)30)32-14-7-16-34-33-15-5-11-24(39(33)42-40(32)34)23-18-21-37-35(22-23)28-10-3-4-17-36(28)41-37/h1-22,28,36H. The maximum absolute atomic E-state index is 6.88. The Morgan fingerprint density at radius 3 is 1.95 bits per heavy atom. The summed E-state index contributed by atoms with van der Waals surface area (Å²) in [5.74, 6) is 1.22. The quantitative estimate of drug-likeness (QED) is 0.219. The SMILES string of the molecule is C1=CC2Oc3ccc(-c4cccc5c4oc4c(-c6ccc7c8c(cccc68)-c6ccccc6-7)cccc45)cc3C2C=C1. The minimum atomic E-state index is 0.0790. The third-order valence-electron chi connectivity index (χ3n) is 9.39. The highest BCUT2D eigenvalue weighted by molar-refractivity contribution is 6.21. The summed E-state index contributed by atoms with van der Waals surface area (Å²) < 4.78 is 13.1. The molecule has 2 nitrogen and oxygen atoms in total. The van der Waals surface area contributed by atoms with Gasteiger partial charge < -0.3 is 9.15 Å². The minimum Gasteiger partial charge on any atom is -0.485 e. The van der Waals surface area contributed by atoms with E-state index in [0.29, 0.717) is 0 Å². The van der Waals surface area contributed by atoms with Gasteiger partial charge in [-0.1, -0.05) is 115 Å². The van der Waals surface area contributed by atoms with E-state index in [9.17, 15) is 0 Å². The van der Waals surface area contributed by atoms with Crippen LogP contribution in [0.3, 0.4) is 0 Å². The first-order chi connectivity index (χ1) is 20.8. The molecule has 0 amide bonds. The molecule has 0 bridgehead atoms. The summed E-state index contributed by atoms with van der Waals surface area (Å²) in [4.78, 5) is 0. The third kappa shape index (κ3) is 2.89. The predicted molar refractivity (Wildman–Crippen MR) is 172 cm³/mol. The zero-order valence-electron chi connectivity index (χ0n) is 22.7. The Morgan fingerprint density at radius 1 is 0.476 bits per heavy atom. The van der Waals surface area contributed by atoms with E-state index < -0.39 is 0 Å². The highest BCUT2D eigenvalue weighted by atomic mass is 16.5. The van der Waals surface area contributed by atoms with E-state index in [1.165, 1.54) is 44.2 Å². The first kappa shape index (κ1) is 22.4. The molecular formula is C40H24O2. The molecule has 10 rings (SSSR count). The van der Waals surface area contributed by atoms with Crippen molar-refractivity contribution in [1.82, 2.24) is 0 Å². The average Bonchev–Trinajstić information content (AvgIpc) is 3.72. The smallest absolute Gasteiger partial charge is 0.143 e. The van der Waals surface area contributed by atoms with Crippen molar-refractivity contribution in [2.75, 3.05) is 0 Å². The lowest BCUT2D eigenvalue weighted by Crippen LogP contribution is -2.15. The van der Waals surface area contributed by atoms with Gasteiger partial charge >= 0.3 is 0 Å². The molecule has 0 saturated heterocycles. The van der Waals surface area contributed by atoms with E-state index in [4.69, 9.17) is 9.15 Å². The number of fused-ring (bicyclic) bond motifs is 9. The van der Waals surface area contributed by atoms with E-state index in [0.717, 1.165) is 44.4 Å². The van der Waals surface area contributed by atoms with Crippen LogP contribution in [0, 0.1) is 0 Å². The van der Waals surface area contributed by atoms with Crippen molar-refractivity contribution in [1.29, 1.82) is 0 Å². The number of hydrogen-bond acceptors (Lipinski definition) is 2. The van der Waals surface area contributed by atoms with Gasteiger partial charge in [0.05, 0.1) is 0 Å². The van der Waals surface area contributed by atoms with E-state index in [1.807, 2.05) is 0 Å². The average molecular weight is 537 g/mol. The van der Waals surface area contributed by atoms with E-state index in [-0.39, 0.29) is 12.0 Å². The van der Waals surface area contributed by atoms with Crippen molar-refractivity contribution in [3.05, 3.63) is 139 Å². The van der Waals surface area contributed by atoms with Crippen molar-refractivity contribution in [3.8, 4) is 50.3 Å². The molecule has 0 saturated carbocycles. The van der Waals surface area contributed by atoms with Crippen LogP contribution in [-0.4, -0.2) is 6.10 Å². The van der Waals surface area contributed by atoms with Gasteiger partial charge in [-0.2, -0.15) is 0 Å². The molecule has 0 N–H and O–H groups in total. The monoisotopic (exact) mass is 536 g/mol. The molecule has 0 fully saturated rings. The molecule has 0 spiro atoms. The molecule has 3 aliphatic rings. The number of furan rings is 1. The zero-order valence-corrected chi connectivity index (χ0v) is 22.7. The van der Waals surface area contributed by atoms with Gasteiger partial charge in [-0.05, 0) is 62.4 Å². The van der Waals surface area contributed by atoms with Crippen molar-refractivity contribution in [3.63, 3.8) is 0 Å². The second-order valence-corrected chi connectivity index (χ2v) is 11.5. The lowest BCUT2D eigenvalue weighted by molar-refractivity contribution is 0.269. The van der Waals surface area contributed by atoms with Gasteiger partial charge in [0.15, 0.2) is 0 Å². The summed E-state index contributed by atoms with van der Waals surface area (Å²) in [6.45, 7) is 0. The topological polar surface area (TPSA) is 22.4 Å². The summed E-state index contributed by atoms with van der Waals surface area (Å²) in [5, 5.41) is 4.87. The number of para-hydroxylation sites is 2. The van der Waals surface area contributed by atoms with Gasteiger partial charge in [-0.15, -0.1) is 0 Å². The molecule has 1 aromatic heterocycles. The predicted octanol–water partition coefficient (Wildman–Crippen LogP) is 10.7. The van der Waals surface area contributed by atoms with Crippen LogP contribution in [0.1, 0.15) is 11.5 Å². The van der Waals surface area contributed by atoms with Gasteiger partial charge in [0.1, 0.15) is 23.0 Å². The molecule has 42 heavy (non-hydrogen) atoms. The number of hydrogen-bond donors (Lipinski definition) is 0. The van der Waals surface area contributed by atoms with Crippen LogP contribution >= 0.6 is 0 Å². The van der Waals surface area contributed by atoms with E-state index >= 15 is 0 Å². The van der Waals surface area contributed by atoms with Gasteiger partial charge in [0, 0.05) is 33.4 Å². The summed E-state index contributed by atoms with van der Waals surface area (Å²) in [6, 6.07) is 39.6. The highest BCUT2D eigenvalue weighted by Gasteiger charge is 2.32. The van der Waals surface area contributed by atoms with Crippen LogP contribution in [0.4, 0.5) is 0 Å². The Morgan fingerprint density at radius 2 is 1.12 bits per heavy atom. The summed E-state index contributed by atoms with van der Waals surface area (Å²) in [5.41, 5.74) is 12.9. The normalized spacial score (nSPS) is 17.5. The van der Waals surface area contributed by atoms with Crippen LogP contribution in [0.5, 0.6) is 5.75 Å². The Hall–Kier alpha value is -5.34. The van der Waals surface area contributed by atoms with Gasteiger partial charge in [-0.25, -0.2) is 0 Å². The third-order valence-corrected chi connectivity index (χ3v) is 9.39. The first-order valence-electron chi connectivity index (χ1n) is 14.6. The first-order valence-corrected chi connectivity index (χ1v) is 14.6. The van der Waals surface area contributed by atoms with E-state index in [1.54, 1.807) is 0 Å². The van der Waals surface area contributed by atoms with Crippen molar-refractivity contribution < 1.29 is 9.15 Å². The summed E-state index contributed by atoms with van der Waals surface area (Å²) >= 11 is 0. The molecule has 2 aliphatic carbocycles. The Bertz CT molecular complexity index is 2320. The molecule has 196 valence electrons. The van der Waals surface area contributed by atoms with Crippen LogP contribution in [-0.2, 0) is 0 Å². The molecule has 0 radical (unpaired) electrons. The number of benzene rings is 6. The zero-order chi connectivity index (χ0) is 27.4. The molecular weight excluding hydrogens is 512 g/mol. The molecule has 2 unspecified atom stereocenters. The second kappa shape index (κ2) is 8.11. The molecule has 2 heteroatoms. The number of ether oxygens (including phenoxy) is 1. The largest absolute Gasteiger partial charge is 0.485 e. The van der Waals surface area contributed by atoms with Crippen molar-refractivity contribution >= 4 is 32.7 Å². The van der Waals surface area contributed by atoms with Gasteiger partial charge in [0.25, 0.3) is 0 Å². The Balaban J connectivity index is 1.18. The molecule has 2 heterocycles. The van der Waals surface area contributed by atoms with Crippen molar-refractivity contribution in [2.45, 2.75) is 12.0 Å². The second-order valence-electron chi connectivity index (χ2n) is 11.5. The molecule has 6 aromatic carbocycles. The summed E-state index contributed by atoms with van der Waals surface area (Å²) in [7, 11) is 0. The summed E-state index contributed by atoms with van der Waals surface area (Å²) in [6.07, 6.45) is 8.65. The molecule has 1 aliphatic heterocycles. The van der Waals surface area contributed by atoms with Crippen molar-refractivity contribution in [2.24, 2.45) is 0 Å². The van der Waals surface area contributed by atoms with Gasteiger partial charge in [0.2, 0.25) is 0 Å². The Kier molecular flexibility index (Phi) is 4.32. The van der Waals surface area contributed by atoms with Crippen LogP contribution < -0.4 is 4.74 Å². The fourth-order valence-corrected chi connectivity index (χ4v) is 7.51. The minimum absolute atomic E-state index is 0.0790. The van der Waals surface area contributed by atoms with Crippen LogP contribution in [0.25, 0.3) is 77.2 Å².